The smallest absolute Gasteiger partial charge is 0.0828 e. The summed E-state index contributed by atoms with van der Waals surface area (Å²) in [5.74, 6) is 0. The summed E-state index contributed by atoms with van der Waals surface area (Å²) >= 11 is 2.31. The highest BCUT2D eigenvalue weighted by atomic mass is 127. The van der Waals surface area contributed by atoms with E-state index in [1.807, 2.05) is 0 Å². The van der Waals surface area contributed by atoms with Crippen molar-refractivity contribution in [2.45, 2.75) is 12.7 Å². The van der Waals surface area contributed by atoms with Crippen molar-refractivity contribution in [2.24, 2.45) is 0 Å². The van der Waals surface area contributed by atoms with E-state index in [1.54, 1.807) is 0 Å². The molecule has 1 aliphatic heterocycles. The van der Waals surface area contributed by atoms with Gasteiger partial charge in [0.2, 0.25) is 0 Å². The first-order valence-electron chi connectivity index (χ1n) is 4.41. The third-order valence-electron chi connectivity index (χ3n) is 2.14. The predicted octanol–water partition coefficient (Wildman–Crippen LogP) is 1.78. The Labute approximate surface area is 91.8 Å². The highest BCUT2D eigenvalue weighted by molar-refractivity contribution is 14.1. The van der Waals surface area contributed by atoms with Gasteiger partial charge in [0.15, 0.2) is 0 Å². The Bertz CT molecular complexity index is 269. The van der Waals surface area contributed by atoms with Crippen molar-refractivity contribution in [3.63, 3.8) is 0 Å². The Morgan fingerprint density at radius 3 is 2.54 bits per heavy atom. The molecule has 1 saturated heterocycles. The lowest BCUT2D eigenvalue weighted by molar-refractivity contribution is 0.00758. The largest absolute Gasteiger partial charge is 0.371 e. The number of hydrogen-bond donors (Lipinski definition) is 1. The standard InChI is InChI=1S/C10H12INO/c11-9-3-1-8(2-4-9)7-13-10-5-12-6-10/h1-4,10,12H,5-7H2. The molecule has 0 aliphatic carbocycles. The lowest BCUT2D eigenvalue weighted by Crippen LogP contribution is -2.48. The van der Waals surface area contributed by atoms with Crippen LogP contribution in [0.3, 0.4) is 0 Å². The summed E-state index contributed by atoms with van der Waals surface area (Å²) in [5.41, 5.74) is 1.26. The molecule has 70 valence electrons. The fourth-order valence-electron chi connectivity index (χ4n) is 1.17. The lowest BCUT2D eigenvalue weighted by atomic mass is 10.2. The number of hydrogen-bond acceptors (Lipinski definition) is 2. The molecule has 0 amide bonds. The molecule has 0 atom stereocenters. The summed E-state index contributed by atoms with van der Waals surface area (Å²) < 4.78 is 6.91. The fourth-order valence-corrected chi connectivity index (χ4v) is 1.53. The number of rotatable bonds is 3. The van der Waals surface area contributed by atoms with Crippen LogP contribution >= 0.6 is 22.6 Å². The summed E-state index contributed by atoms with van der Waals surface area (Å²) in [7, 11) is 0. The average Bonchev–Trinajstić information content (AvgIpc) is 2.05. The molecule has 2 nitrogen and oxygen atoms in total. The third kappa shape index (κ3) is 2.65. The normalized spacial score (nSPS) is 17.0. The van der Waals surface area contributed by atoms with E-state index >= 15 is 0 Å². The van der Waals surface area contributed by atoms with Crippen LogP contribution in [-0.4, -0.2) is 19.2 Å². The average molecular weight is 289 g/mol. The van der Waals surface area contributed by atoms with Gasteiger partial charge < -0.3 is 10.1 Å². The molecule has 0 radical (unpaired) electrons. The molecule has 0 aromatic heterocycles. The van der Waals surface area contributed by atoms with Gasteiger partial charge >= 0.3 is 0 Å². The molecule has 1 aliphatic rings. The summed E-state index contributed by atoms with van der Waals surface area (Å²) in [6.07, 6.45) is 0.430. The molecule has 3 heteroatoms. The van der Waals surface area contributed by atoms with Crippen LogP contribution in [-0.2, 0) is 11.3 Å². The van der Waals surface area contributed by atoms with Crippen LogP contribution in [0.1, 0.15) is 5.56 Å². The van der Waals surface area contributed by atoms with Gasteiger partial charge in [0.25, 0.3) is 0 Å². The van der Waals surface area contributed by atoms with Crippen molar-refractivity contribution >= 4 is 22.6 Å². The first kappa shape index (κ1) is 9.43. The van der Waals surface area contributed by atoms with E-state index in [2.05, 4.69) is 52.2 Å². The van der Waals surface area contributed by atoms with E-state index in [0.717, 1.165) is 19.7 Å². The molecule has 1 fully saturated rings. The maximum atomic E-state index is 5.64. The van der Waals surface area contributed by atoms with Crippen LogP contribution in [0.5, 0.6) is 0 Å². The van der Waals surface area contributed by atoms with Crippen LogP contribution in [0.4, 0.5) is 0 Å². The van der Waals surface area contributed by atoms with Crippen LogP contribution < -0.4 is 5.32 Å². The minimum atomic E-state index is 0.430. The molecule has 1 aromatic rings. The molecule has 2 rings (SSSR count). The second-order valence-corrected chi connectivity index (χ2v) is 4.46. The molecule has 0 saturated carbocycles. The maximum absolute atomic E-state index is 5.64. The van der Waals surface area contributed by atoms with Gasteiger partial charge in [-0.2, -0.15) is 0 Å². The monoisotopic (exact) mass is 289 g/mol. The zero-order valence-electron chi connectivity index (χ0n) is 7.29. The molecule has 0 bridgehead atoms. The van der Waals surface area contributed by atoms with Crippen molar-refractivity contribution in [2.75, 3.05) is 13.1 Å². The van der Waals surface area contributed by atoms with Crippen LogP contribution in [0.25, 0.3) is 0 Å². The van der Waals surface area contributed by atoms with E-state index in [9.17, 15) is 0 Å². The Balaban J connectivity index is 1.83. The Morgan fingerprint density at radius 1 is 1.31 bits per heavy atom. The summed E-state index contributed by atoms with van der Waals surface area (Å²) in [5, 5.41) is 3.18. The highest BCUT2D eigenvalue weighted by Crippen LogP contribution is 2.09. The SMILES string of the molecule is Ic1ccc(COC2CNC2)cc1. The molecule has 1 heterocycles. The number of halogens is 1. The molecule has 1 aromatic carbocycles. The molecule has 1 N–H and O–H groups in total. The van der Waals surface area contributed by atoms with Gasteiger partial charge in [-0.15, -0.1) is 0 Å². The first-order chi connectivity index (χ1) is 6.34. The minimum absolute atomic E-state index is 0.430. The van der Waals surface area contributed by atoms with E-state index in [4.69, 9.17) is 4.74 Å². The molecule has 0 unspecified atom stereocenters. The predicted molar refractivity (Wildman–Crippen MR) is 60.6 cm³/mol. The minimum Gasteiger partial charge on any atom is -0.371 e. The zero-order valence-corrected chi connectivity index (χ0v) is 9.45. The Hall–Kier alpha value is -0.130. The number of nitrogens with one attached hydrogen (secondary N) is 1. The van der Waals surface area contributed by atoms with Gasteiger partial charge in [-0.1, -0.05) is 12.1 Å². The van der Waals surface area contributed by atoms with Gasteiger partial charge in [-0.3, -0.25) is 0 Å². The molecule has 0 spiro atoms. The first-order valence-corrected chi connectivity index (χ1v) is 5.49. The number of benzene rings is 1. The Kier molecular flexibility index (Phi) is 3.18. The van der Waals surface area contributed by atoms with E-state index in [-0.39, 0.29) is 0 Å². The fraction of sp³-hybridized carbons (Fsp3) is 0.400. The van der Waals surface area contributed by atoms with E-state index in [0.29, 0.717) is 6.10 Å². The topological polar surface area (TPSA) is 21.3 Å². The van der Waals surface area contributed by atoms with Crippen molar-refractivity contribution < 1.29 is 4.74 Å². The highest BCUT2D eigenvalue weighted by Gasteiger charge is 2.16. The van der Waals surface area contributed by atoms with Crippen LogP contribution in [0, 0.1) is 3.57 Å². The summed E-state index contributed by atoms with van der Waals surface area (Å²) in [6, 6.07) is 8.46. The maximum Gasteiger partial charge on any atom is 0.0828 e. The summed E-state index contributed by atoms with van der Waals surface area (Å²) in [4.78, 5) is 0. The van der Waals surface area contributed by atoms with E-state index in [1.165, 1.54) is 9.13 Å². The molecular formula is C10H12INO. The van der Waals surface area contributed by atoms with Gasteiger partial charge in [-0.05, 0) is 40.3 Å². The van der Waals surface area contributed by atoms with Gasteiger partial charge in [0.1, 0.15) is 0 Å². The molecular weight excluding hydrogens is 277 g/mol. The molecule has 13 heavy (non-hydrogen) atoms. The summed E-state index contributed by atoms with van der Waals surface area (Å²) in [6.45, 7) is 2.75. The second-order valence-electron chi connectivity index (χ2n) is 3.22. The van der Waals surface area contributed by atoms with Crippen LogP contribution in [0.2, 0.25) is 0 Å². The second kappa shape index (κ2) is 4.39. The lowest BCUT2D eigenvalue weighted by Gasteiger charge is -2.27. The van der Waals surface area contributed by atoms with Crippen LogP contribution in [0.15, 0.2) is 24.3 Å². The van der Waals surface area contributed by atoms with Gasteiger partial charge in [0.05, 0.1) is 12.7 Å². The Morgan fingerprint density at radius 2 is 2.00 bits per heavy atom. The van der Waals surface area contributed by atoms with Crippen molar-refractivity contribution in [3.05, 3.63) is 33.4 Å². The quantitative estimate of drug-likeness (QED) is 0.856. The zero-order chi connectivity index (χ0) is 9.10. The van der Waals surface area contributed by atoms with Crippen molar-refractivity contribution in [1.82, 2.24) is 5.32 Å². The van der Waals surface area contributed by atoms with Crippen molar-refractivity contribution in [1.29, 1.82) is 0 Å². The van der Waals surface area contributed by atoms with Crippen molar-refractivity contribution in [3.8, 4) is 0 Å². The third-order valence-corrected chi connectivity index (χ3v) is 2.86. The van der Waals surface area contributed by atoms with E-state index < -0.39 is 0 Å². The number of ether oxygens (including phenoxy) is 1. The van der Waals surface area contributed by atoms with Gasteiger partial charge in [0, 0.05) is 16.7 Å². The van der Waals surface area contributed by atoms with Gasteiger partial charge in [-0.25, -0.2) is 0 Å².